The molecule has 8 nitrogen and oxygen atoms in total. The van der Waals surface area contributed by atoms with Crippen molar-refractivity contribution in [1.82, 2.24) is 5.32 Å². The number of carbonyl (C=O) groups excluding carboxylic acids is 1. The highest BCUT2D eigenvalue weighted by Gasteiger charge is 2.27. The van der Waals surface area contributed by atoms with E-state index in [0.717, 1.165) is 44.9 Å². The molecule has 3 atom stereocenters. The number of phosphoric acid groups is 1. The first-order valence-corrected chi connectivity index (χ1v) is 33.4. The highest BCUT2D eigenvalue weighted by Crippen LogP contribution is 2.43. The fourth-order valence-corrected chi connectivity index (χ4v) is 10.3. The van der Waals surface area contributed by atoms with Crippen LogP contribution in [-0.2, 0) is 18.4 Å². The molecule has 0 radical (unpaired) electrons. The Kier molecular flexibility index (Phi) is 54.5. The summed E-state index contributed by atoms with van der Waals surface area (Å²) in [6.07, 6.45) is 72.8. The average Bonchev–Trinajstić information content (AvgIpc) is 3.35. The molecular formula is C64H126N2O6P+. The molecule has 0 spiro atoms. The van der Waals surface area contributed by atoms with E-state index in [-0.39, 0.29) is 19.1 Å². The molecule has 0 heterocycles. The monoisotopic (exact) mass is 1050 g/mol. The van der Waals surface area contributed by atoms with Crippen molar-refractivity contribution >= 4 is 13.7 Å². The van der Waals surface area contributed by atoms with Gasteiger partial charge in [0.2, 0.25) is 5.91 Å². The van der Waals surface area contributed by atoms with Gasteiger partial charge in [-0.15, -0.1) is 0 Å². The SMILES string of the molecule is CCCCCCCCCCCCCC/C=C/CC/C=C/CC/C=C/C(O)C(COP(=O)(O)OCC[N+](C)(C)C)NC(=O)CCCCCCCCCCCCCCCCCCCCCCCCCCCCCCC. The highest BCUT2D eigenvalue weighted by atomic mass is 31.2. The fraction of sp³-hybridized carbons (Fsp3) is 0.891. The molecule has 3 N–H and O–H groups in total. The second-order valence-electron chi connectivity index (χ2n) is 23.1. The Bertz CT molecular complexity index is 1280. The lowest BCUT2D eigenvalue weighted by molar-refractivity contribution is -0.870. The highest BCUT2D eigenvalue weighted by molar-refractivity contribution is 7.47. The van der Waals surface area contributed by atoms with Crippen LogP contribution >= 0.6 is 7.82 Å². The summed E-state index contributed by atoms with van der Waals surface area (Å²) in [5.41, 5.74) is 0. The van der Waals surface area contributed by atoms with Gasteiger partial charge in [0.15, 0.2) is 0 Å². The van der Waals surface area contributed by atoms with Crippen molar-refractivity contribution in [3.8, 4) is 0 Å². The van der Waals surface area contributed by atoms with Gasteiger partial charge < -0.3 is 19.8 Å². The molecule has 432 valence electrons. The van der Waals surface area contributed by atoms with Crippen LogP contribution in [0.2, 0.25) is 0 Å². The van der Waals surface area contributed by atoms with Crippen LogP contribution in [0.3, 0.4) is 0 Å². The number of hydrogen-bond donors (Lipinski definition) is 3. The van der Waals surface area contributed by atoms with Crippen LogP contribution in [0.1, 0.15) is 316 Å². The number of allylic oxidation sites excluding steroid dienone is 5. The summed E-state index contributed by atoms with van der Waals surface area (Å²) in [5.74, 6) is -0.184. The van der Waals surface area contributed by atoms with Crippen LogP contribution in [-0.4, -0.2) is 73.4 Å². The van der Waals surface area contributed by atoms with Gasteiger partial charge >= 0.3 is 7.82 Å². The van der Waals surface area contributed by atoms with Gasteiger partial charge in [0.05, 0.1) is 39.9 Å². The maximum atomic E-state index is 13.0. The van der Waals surface area contributed by atoms with E-state index in [1.807, 2.05) is 27.2 Å². The molecule has 9 heteroatoms. The summed E-state index contributed by atoms with van der Waals surface area (Å²) in [6, 6.07) is -0.868. The van der Waals surface area contributed by atoms with Crippen molar-refractivity contribution in [2.24, 2.45) is 0 Å². The molecule has 0 aromatic heterocycles. The van der Waals surface area contributed by atoms with Crippen molar-refractivity contribution in [2.45, 2.75) is 328 Å². The lowest BCUT2D eigenvalue weighted by Gasteiger charge is -2.25. The number of likely N-dealkylation sites (N-methyl/N-ethyl adjacent to an activating group) is 1. The van der Waals surface area contributed by atoms with E-state index in [2.05, 4.69) is 43.5 Å². The number of amides is 1. The number of unbranched alkanes of at least 4 members (excludes halogenated alkanes) is 42. The van der Waals surface area contributed by atoms with Gasteiger partial charge in [0.1, 0.15) is 13.2 Å². The van der Waals surface area contributed by atoms with E-state index in [1.54, 1.807) is 6.08 Å². The van der Waals surface area contributed by atoms with E-state index >= 15 is 0 Å². The number of carbonyl (C=O) groups is 1. The minimum Gasteiger partial charge on any atom is -0.387 e. The van der Waals surface area contributed by atoms with Crippen molar-refractivity contribution in [2.75, 3.05) is 40.9 Å². The zero-order chi connectivity index (χ0) is 53.5. The quantitative estimate of drug-likeness (QED) is 0.0243. The zero-order valence-electron chi connectivity index (χ0n) is 49.4. The van der Waals surface area contributed by atoms with Crippen LogP contribution in [0.4, 0.5) is 0 Å². The summed E-state index contributed by atoms with van der Waals surface area (Å²) in [4.78, 5) is 23.3. The third-order valence-electron chi connectivity index (χ3n) is 14.6. The van der Waals surface area contributed by atoms with Crippen LogP contribution in [0.5, 0.6) is 0 Å². The number of aliphatic hydroxyl groups excluding tert-OH is 1. The third kappa shape index (κ3) is 58.2. The Balaban J connectivity index is 4.14. The molecule has 3 unspecified atom stereocenters. The molecule has 0 rings (SSSR count). The predicted molar refractivity (Wildman–Crippen MR) is 318 cm³/mol. The van der Waals surface area contributed by atoms with Crippen molar-refractivity contribution in [1.29, 1.82) is 0 Å². The molecule has 0 bridgehead atoms. The number of nitrogens with zero attached hydrogens (tertiary/aromatic N) is 1. The van der Waals surface area contributed by atoms with E-state index < -0.39 is 20.0 Å². The lowest BCUT2D eigenvalue weighted by atomic mass is 10.0. The minimum atomic E-state index is -4.36. The van der Waals surface area contributed by atoms with E-state index in [1.165, 1.54) is 250 Å². The van der Waals surface area contributed by atoms with Crippen LogP contribution in [0.15, 0.2) is 36.5 Å². The Morgan fingerprint density at radius 2 is 0.753 bits per heavy atom. The van der Waals surface area contributed by atoms with E-state index in [0.29, 0.717) is 17.4 Å². The lowest BCUT2D eigenvalue weighted by Crippen LogP contribution is -2.45. The zero-order valence-corrected chi connectivity index (χ0v) is 50.3. The molecule has 0 aromatic rings. The fourth-order valence-electron chi connectivity index (χ4n) is 9.61. The molecule has 0 saturated carbocycles. The number of nitrogens with one attached hydrogen (secondary N) is 1. The number of aliphatic hydroxyl groups is 1. The molecule has 0 aliphatic carbocycles. The molecule has 0 aromatic carbocycles. The van der Waals surface area contributed by atoms with Crippen LogP contribution in [0.25, 0.3) is 0 Å². The van der Waals surface area contributed by atoms with Gasteiger partial charge in [-0.3, -0.25) is 13.8 Å². The first-order valence-electron chi connectivity index (χ1n) is 31.9. The number of rotatable bonds is 59. The largest absolute Gasteiger partial charge is 0.472 e. The Hall–Kier alpha value is -1.28. The number of phosphoric ester groups is 1. The molecule has 0 fully saturated rings. The van der Waals surface area contributed by atoms with Gasteiger partial charge in [0.25, 0.3) is 0 Å². The Morgan fingerprint density at radius 1 is 0.452 bits per heavy atom. The first kappa shape index (κ1) is 71.7. The average molecular weight is 1050 g/mol. The van der Waals surface area contributed by atoms with Gasteiger partial charge in [-0.25, -0.2) is 4.57 Å². The minimum absolute atomic E-state index is 0.0553. The summed E-state index contributed by atoms with van der Waals surface area (Å²) in [7, 11) is 1.56. The van der Waals surface area contributed by atoms with E-state index in [9.17, 15) is 19.4 Å². The molecule has 0 saturated heterocycles. The molecule has 73 heavy (non-hydrogen) atoms. The summed E-state index contributed by atoms with van der Waals surface area (Å²) < 4.78 is 23.7. The van der Waals surface area contributed by atoms with Gasteiger partial charge in [0, 0.05) is 6.42 Å². The van der Waals surface area contributed by atoms with Gasteiger partial charge in [-0.1, -0.05) is 301 Å². The Labute approximate surface area is 455 Å². The normalized spacial score (nSPS) is 14.0. The number of quaternary nitrogens is 1. The van der Waals surface area contributed by atoms with E-state index in [4.69, 9.17) is 9.05 Å². The Morgan fingerprint density at radius 3 is 1.10 bits per heavy atom. The summed E-state index contributed by atoms with van der Waals surface area (Å²) in [6.45, 7) is 4.83. The predicted octanol–water partition coefficient (Wildman–Crippen LogP) is 19.7. The maximum absolute atomic E-state index is 13.0. The standard InChI is InChI=1S/C64H125N2O6P/c1-6-8-10-12-14-16-18-20-22-24-26-28-30-31-32-33-34-35-36-38-40-42-44-46-48-50-52-54-56-58-64(68)65-62(61-72-73(69,70)71-60-59-66(3,4)5)63(67)57-55-53-51-49-47-45-43-41-39-37-29-27-25-23-21-19-17-15-13-11-9-7-2/h39,41,47,49,55,57,62-63,67H,6-38,40,42-46,48,50-54,56,58-61H2,1-5H3,(H-,65,68,69,70)/p+1/b41-39+,49-47+,57-55+. The molecular weight excluding hydrogens is 924 g/mol. The first-order chi connectivity index (χ1) is 35.5. The summed E-state index contributed by atoms with van der Waals surface area (Å²) in [5, 5.41) is 13.9. The summed E-state index contributed by atoms with van der Waals surface area (Å²) >= 11 is 0. The second kappa shape index (κ2) is 55.5. The van der Waals surface area contributed by atoms with Gasteiger partial charge in [-0.2, -0.15) is 0 Å². The topological polar surface area (TPSA) is 105 Å². The second-order valence-corrected chi connectivity index (χ2v) is 24.6. The smallest absolute Gasteiger partial charge is 0.387 e. The van der Waals surface area contributed by atoms with Gasteiger partial charge in [-0.05, 0) is 44.9 Å². The van der Waals surface area contributed by atoms with Crippen LogP contribution in [0, 0.1) is 0 Å². The van der Waals surface area contributed by atoms with Crippen molar-refractivity contribution in [3.05, 3.63) is 36.5 Å². The molecule has 1 amide bonds. The third-order valence-corrected chi connectivity index (χ3v) is 15.6. The van der Waals surface area contributed by atoms with Crippen molar-refractivity contribution in [3.63, 3.8) is 0 Å². The van der Waals surface area contributed by atoms with Crippen LogP contribution < -0.4 is 5.32 Å². The molecule has 0 aliphatic rings. The maximum Gasteiger partial charge on any atom is 0.472 e. The molecule has 0 aliphatic heterocycles. The van der Waals surface area contributed by atoms with Crippen molar-refractivity contribution < 1.29 is 32.9 Å². The number of hydrogen-bond acceptors (Lipinski definition) is 5.